The number of aliphatic carboxylic acids is 1. The van der Waals surface area contributed by atoms with Crippen molar-refractivity contribution in [3.63, 3.8) is 0 Å². The van der Waals surface area contributed by atoms with Crippen molar-refractivity contribution in [2.75, 3.05) is 21.3 Å². The van der Waals surface area contributed by atoms with Gasteiger partial charge in [0.2, 0.25) is 0 Å². The normalized spacial score (nSPS) is 15.6. The van der Waals surface area contributed by atoms with Crippen molar-refractivity contribution >= 4 is 5.97 Å². The predicted molar refractivity (Wildman–Crippen MR) is 69.2 cm³/mol. The number of hydrogen-bond donors (Lipinski definition) is 1. The molecule has 1 fully saturated rings. The van der Waals surface area contributed by atoms with Gasteiger partial charge in [-0.05, 0) is 12.8 Å². The largest absolute Gasteiger partial charge is 0.493 e. The maximum Gasteiger partial charge on any atom is 0.304 e. The first-order valence-electron chi connectivity index (χ1n) is 6.20. The second kappa shape index (κ2) is 5.19. The number of hydrogen-bond acceptors (Lipinski definition) is 4. The van der Waals surface area contributed by atoms with Gasteiger partial charge in [0.25, 0.3) is 0 Å². The molecular formula is C14H17FO5. The van der Waals surface area contributed by atoms with Crippen molar-refractivity contribution in [3.05, 3.63) is 17.4 Å². The molecule has 1 saturated carbocycles. The van der Waals surface area contributed by atoms with Gasteiger partial charge in [-0.15, -0.1) is 0 Å². The molecule has 110 valence electrons. The molecular weight excluding hydrogens is 267 g/mol. The number of carbonyl (C=O) groups is 1. The van der Waals surface area contributed by atoms with E-state index in [2.05, 4.69) is 0 Å². The number of halogens is 1. The second-order valence-electron chi connectivity index (χ2n) is 4.85. The fraction of sp³-hybridized carbons (Fsp3) is 0.500. The molecule has 0 aromatic heterocycles. The molecule has 1 aliphatic rings. The Morgan fingerprint density at radius 2 is 1.85 bits per heavy atom. The Kier molecular flexibility index (Phi) is 3.74. The summed E-state index contributed by atoms with van der Waals surface area (Å²) in [6.07, 6.45) is 1.21. The molecule has 1 aromatic rings. The van der Waals surface area contributed by atoms with Gasteiger partial charge in [0, 0.05) is 17.0 Å². The minimum absolute atomic E-state index is 0.0291. The van der Waals surface area contributed by atoms with Crippen molar-refractivity contribution in [1.29, 1.82) is 0 Å². The van der Waals surface area contributed by atoms with E-state index in [0.29, 0.717) is 24.2 Å². The van der Waals surface area contributed by atoms with E-state index in [-0.39, 0.29) is 17.9 Å². The molecule has 1 N–H and O–H groups in total. The van der Waals surface area contributed by atoms with Crippen molar-refractivity contribution in [3.8, 4) is 17.2 Å². The first kappa shape index (κ1) is 14.4. The van der Waals surface area contributed by atoms with E-state index in [1.807, 2.05) is 0 Å². The van der Waals surface area contributed by atoms with Crippen LogP contribution in [0.2, 0.25) is 0 Å². The molecule has 2 rings (SSSR count). The van der Waals surface area contributed by atoms with Gasteiger partial charge in [0.15, 0.2) is 23.1 Å². The molecule has 0 radical (unpaired) electrons. The number of ether oxygens (including phenoxy) is 3. The van der Waals surface area contributed by atoms with E-state index in [4.69, 9.17) is 19.3 Å². The molecule has 0 bridgehead atoms. The Bertz CT molecular complexity index is 537. The monoisotopic (exact) mass is 284 g/mol. The van der Waals surface area contributed by atoms with Crippen LogP contribution in [-0.4, -0.2) is 32.4 Å². The number of carboxylic acid groups (broad SMARTS) is 1. The Balaban J connectivity index is 2.65. The first-order chi connectivity index (χ1) is 9.49. The minimum atomic E-state index is -0.935. The van der Waals surface area contributed by atoms with E-state index < -0.39 is 17.2 Å². The zero-order valence-corrected chi connectivity index (χ0v) is 11.7. The number of rotatable bonds is 6. The maximum atomic E-state index is 14.1. The first-order valence-corrected chi connectivity index (χ1v) is 6.20. The lowest BCUT2D eigenvalue weighted by atomic mass is 9.90. The zero-order chi connectivity index (χ0) is 14.9. The molecule has 0 amide bonds. The van der Waals surface area contributed by atoms with Gasteiger partial charge >= 0.3 is 5.97 Å². The molecule has 1 aromatic carbocycles. The van der Waals surface area contributed by atoms with E-state index in [1.165, 1.54) is 27.4 Å². The Labute approximate surface area is 116 Å². The van der Waals surface area contributed by atoms with Crippen molar-refractivity contribution < 1.29 is 28.5 Å². The second-order valence-corrected chi connectivity index (χ2v) is 4.85. The highest BCUT2D eigenvalue weighted by molar-refractivity contribution is 5.72. The molecule has 0 aliphatic heterocycles. The molecule has 5 nitrogen and oxygen atoms in total. The molecule has 20 heavy (non-hydrogen) atoms. The van der Waals surface area contributed by atoms with Gasteiger partial charge in [0.05, 0.1) is 27.8 Å². The van der Waals surface area contributed by atoms with Crippen LogP contribution >= 0.6 is 0 Å². The minimum Gasteiger partial charge on any atom is -0.493 e. The van der Waals surface area contributed by atoms with Gasteiger partial charge in [-0.1, -0.05) is 0 Å². The summed E-state index contributed by atoms with van der Waals surface area (Å²) in [4.78, 5) is 11.1. The quantitative estimate of drug-likeness (QED) is 0.868. The summed E-state index contributed by atoms with van der Waals surface area (Å²) in [6, 6.07) is 1.18. The number of benzene rings is 1. The smallest absolute Gasteiger partial charge is 0.304 e. The maximum absolute atomic E-state index is 14.1. The summed E-state index contributed by atoms with van der Waals surface area (Å²) < 4.78 is 29.6. The molecule has 1 aliphatic carbocycles. The van der Waals surface area contributed by atoms with Gasteiger partial charge in [-0.3, -0.25) is 4.79 Å². The Morgan fingerprint density at radius 3 is 2.25 bits per heavy atom. The van der Waals surface area contributed by atoms with Crippen LogP contribution in [0.5, 0.6) is 17.2 Å². The van der Waals surface area contributed by atoms with Gasteiger partial charge in [-0.25, -0.2) is 4.39 Å². The summed E-state index contributed by atoms with van der Waals surface area (Å²) in [5, 5.41) is 9.07. The summed E-state index contributed by atoms with van der Waals surface area (Å²) in [7, 11) is 4.20. The fourth-order valence-corrected chi connectivity index (χ4v) is 2.58. The lowest BCUT2D eigenvalue weighted by Crippen LogP contribution is -2.16. The summed E-state index contributed by atoms with van der Waals surface area (Å²) in [5.74, 6) is -0.921. The summed E-state index contributed by atoms with van der Waals surface area (Å²) >= 11 is 0. The van der Waals surface area contributed by atoms with Crippen molar-refractivity contribution in [2.45, 2.75) is 24.7 Å². The topological polar surface area (TPSA) is 65.0 Å². The van der Waals surface area contributed by atoms with Crippen LogP contribution < -0.4 is 14.2 Å². The summed E-state index contributed by atoms with van der Waals surface area (Å²) in [5.41, 5.74) is -0.195. The molecule has 0 spiro atoms. The molecule has 0 unspecified atom stereocenters. The highest BCUT2D eigenvalue weighted by Crippen LogP contribution is 2.59. The summed E-state index contributed by atoms with van der Waals surface area (Å²) in [6.45, 7) is 0. The number of carboxylic acids is 1. The predicted octanol–water partition coefficient (Wildman–Crippen LogP) is 2.36. The van der Waals surface area contributed by atoms with Gasteiger partial charge < -0.3 is 19.3 Å². The van der Waals surface area contributed by atoms with E-state index in [9.17, 15) is 9.18 Å². The fourth-order valence-electron chi connectivity index (χ4n) is 2.58. The highest BCUT2D eigenvalue weighted by atomic mass is 19.1. The van der Waals surface area contributed by atoms with E-state index >= 15 is 0 Å². The third kappa shape index (κ3) is 2.26. The van der Waals surface area contributed by atoms with Crippen LogP contribution in [0.1, 0.15) is 24.8 Å². The van der Waals surface area contributed by atoms with Gasteiger partial charge in [0.1, 0.15) is 0 Å². The van der Waals surface area contributed by atoms with Gasteiger partial charge in [-0.2, -0.15) is 0 Å². The van der Waals surface area contributed by atoms with E-state index in [1.54, 1.807) is 0 Å². The standard InChI is InChI=1S/C14H17FO5/c1-18-9-6-8(15)12(19-2)11(13(9)20-3)14(4-5-14)7-10(16)17/h6H,4-5,7H2,1-3H3,(H,16,17). The number of methoxy groups -OCH3 is 3. The van der Waals surface area contributed by atoms with Crippen LogP contribution in [0.15, 0.2) is 6.07 Å². The SMILES string of the molecule is COc1cc(F)c(OC)c(C2(CC(=O)O)CC2)c1OC. The Hall–Kier alpha value is -1.98. The average molecular weight is 284 g/mol. The van der Waals surface area contributed by atoms with Crippen LogP contribution in [0, 0.1) is 5.82 Å². The molecule has 0 heterocycles. The van der Waals surface area contributed by atoms with Crippen molar-refractivity contribution in [2.24, 2.45) is 0 Å². The van der Waals surface area contributed by atoms with Crippen LogP contribution in [0.4, 0.5) is 4.39 Å². The lowest BCUT2D eigenvalue weighted by molar-refractivity contribution is -0.137. The van der Waals surface area contributed by atoms with Crippen LogP contribution in [-0.2, 0) is 10.2 Å². The third-order valence-electron chi connectivity index (χ3n) is 3.65. The average Bonchev–Trinajstić information content (AvgIpc) is 3.16. The van der Waals surface area contributed by atoms with Crippen LogP contribution in [0.3, 0.4) is 0 Å². The molecule has 6 heteroatoms. The van der Waals surface area contributed by atoms with E-state index in [0.717, 1.165) is 0 Å². The Morgan fingerprint density at radius 1 is 1.25 bits per heavy atom. The van der Waals surface area contributed by atoms with Crippen molar-refractivity contribution in [1.82, 2.24) is 0 Å². The third-order valence-corrected chi connectivity index (χ3v) is 3.65. The molecule has 0 atom stereocenters. The zero-order valence-electron chi connectivity index (χ0n) is 11.7. The lowest BCUT2D eigenvalue weighted by Gasteiger charge is -2.22. The van der Waals surface area contributed by atoms with Crippen LogP contribution in [0.25, 0.3) is 0 Å². The molecule has 0 saturated heterocycles. The highest BCUT2D eigenvalue weighted by Gasteiger charge is 2.51.